The first-order chi connectivity index (χ1) is 17.0. The van der Waals surface area contributed by atoms with E-state index in [0.717, 1.165) is 60.3 Å². The van der Waals surface area contributed by atoms with Gasteiger partial charge >= 0.3 is 0 Å². The summed E-state index contributed by atoms with van der Waals surface area (Å²) in [7, 11) is 1.26. The highest BCUT2D eigenvalue weighted by molar-refractivity contribution is 7.83. The number of benzene rings is 3. The van der Waals surface area contributed by atoms with Gasteiger partial charge < -0.3 is 9.46 Å². The quantitative estimate of drug-likeness (QED) is 0.213. The molecule has 35 heavy (non-hydrogen) atoms. The molecule has 4 rings (SSSR count). The Morgan fingerprint density at radius 2 is 1.40 bits per heavy atom. The Morgan fingerprint density at radius 1 is 0.771 bits per heavy atom. The van der Waals surface area contributed by atoms with Crippen molar-refractivity contribution < 1.29 is 4.57 Å². The minimum Gasteiger partial charge on any atom is -0.378 e. The lowest BCUT2D eigenvalue weighted by molar-refractivity contribution is 0.589. The molecule has 2 nitrogen and oxygen atoms in total. The molecule has 1 atom stereocenters. The van der Waals surface area contributed by atoms with Crippen LogP contribution in [0.25, 0.3) is 17.7 Å². The van der Waals surface area contributed by atoms with Gasteiger partial charge in [0.25, 0.3) is 0 Å². The Hall–Kier alpha value is -2.83. The molecule has 0 saturated carbocycles. The monoisotopic (exact) mass is 483 g/mol. The van der Waals surface area contributed by atoms with Crippen molar-refractivity contribution in [2.45, 2.75) is 52.4 Å². The minimum atomic E-state index is -2.85. The van der Waals surface area contributed by atoms with Gasteiger partial charge in [-0.15, -0.1) is 0 Å². The van der Waals surface area contributed by atoms with Crippen molar-refractivity contribution in [3.8, 4) is 0 Å². The second-order valence-electron chi connectivity index (χ2n) is 9.67. The van der Waals surface area contributed by atoms with Crippen LogP contribution in [0.4, 0.5) is 5.69 Å². The predicted octanol–water partition coefficient (Wildman–Crippen LogP) is 8.34. The topological polar surface area (TPSA) is 20.3 Å². The molecular formula is C32H38NOP. The van der Waals surface area contributed by atoms with E-state index in [4.69, 9.17) is 0 Å². The molecule has 3 aromatic rings. The van der Waals surface area contributed by atoms with Crippen molar-refractivity contribution in [2.75, 3.05) is 19.0 Å². The first-order valence-corrected chi connectivity index (χ1v) is 14.7. The second-order valence-corrected chi connectivity index (χ2v) is 12.4. The van der Waals surface area contributed by atoms with Crippen molar-refractivity contribution >= 4 is 41.2 Å². The normalized spacial score (nSPS) is 17.3. The lowest BCUT2D eigenvalue weighted by Gasteiger charge is -2.19. The van der Waals surface area contributed by atoms with Crippen LogP contribution < -0.4 is 15.5 Å². The summed E-state index contributed by atoms with van der Waals surface area (Å²) in [6.07, 6.45) is 10.7. The highest BCUT2D eigenvalue weighted by Crippen LogP contribution is 2.62. The first-order valence-electron chi connectivity index (χ1n) is 13.0. The lowest BCUT2D eigenvalue weighted by Crippen LogP contribution is -2.16. The molecule has 1 aliphatic rings. The number of allylic oxidation sites excluding steroid dienone is 2. The SMILES string of the molecule is CCCCC1=C(CCCC)P(=O)(c2ccccc2)c2cc(/C=C/c3ccc(N(C)C)cc3)ccc21. The summed E-state index contributed by atoms with van der Waals surface area (Å²) in [6, 6.07) is 25.3. The number of hydrogen-bond acceptors (Lipinski definition) is 2. The maximum atomic E-state index is 15.1. The van der Waals surface area contributed by atoms with E-state index in [1.807, 2.05) is 18.2 Å². The molecule has 0 N–H and O–H groups in total. The van der Waals surface area contributed by atoms with Crippen LogP contribution in [0.1, 0.15) is 69.1 Å². The Bertz CT molecular complexity index is 1250. The lowest BCUT2D eigenvalue weighted by atomic mass is 9.97. The highest BCUT2D eigenvalue weighted by Gasteiger charge is 2.41. The molecule has 0 aliphatic carbocycles. The third-order valence-electron chi connectivity index (χ3n) is 6.96. The molecule has 0 amide bonds. The average molecular weight is 484 g/mol. The van der Waals surface area contributed by atoms with Crippen molar-refractivity contribution in [2.24, 2.45) is 0 Å². The summed E-state index contributed by atoms with van der Waals surface area (Å²) in [4.78, 5) is 2.11. The van der Waals surface area contributed by atoms with Crippen LogP contribution in [0.15, 0.2) is 78.1 Å². The van der Waals surface area contributed by atoms with Gasteiger partial charge in [0.15, 0.2) is 7.14 Å². The van der Waals surface area contributed by atoms with Crippen LogP contribution in [-0.2, 0) is 4.57 Å². The van der Waals surface area contributed by atoms with Gasteiger partial charge in [-0.1, -0.05) is 93.4 Å². The Labute approximate surface area is 211 Å². The maximum absolute atomic E-state index is 15.1. The number of hydrogen-bond donors (Lipinski definition) is 0. The summed E-state index contributed by atoms with van der Waals surface area (Å²) in [6.45, 7) is 4.45. The van der Waals surface area contributed by atoms with E-state index in [2.05, 4.69) is 99.6 Å². The number of rotatable bonds is 10. The van der Waals surface area contributed by atoms with E-state index in [0.29, 0.717) is 0 Å². The third kappa shape index (κ3) is 5.24. The Balaban J connectivity index is 1.77. The first kappa shape index (κ1) is 25.3. The largest absolute Gasteiger partial charge is 0.378 e. The van der Waals surface area contributed by atoms with Crippen molar-refractivity contribution in [1.82, 2.24) is 0 Å². The molecule has 0 aromatic heterocycles. The molecule has 3 heteroatoms. The van der Waals surface area contributed by atoms with Crippen molar-refractivity contribution in [1.29, 1.82) is 0 Å². The fourth-order valence-electron chi connectivity index (χ4n) is 4.95. The smallest absolute Gasteiger partial charge is 0.168 e. The van der Waals surface area contributed by atoms with E-state index < -0.39 is 7.14 Å². The summed E-state index contributed by atoms with van der Waals surface area (Å²) in [5, 5.41) is 3.21. The molecule has 3 aromatic carbocycles. The zero-order chi connectivity index (χ0) is 24.8. The average Bonchev–Trinajstić information content (AvgIpc) is 3.13. The van der Waals surface area contributed by atoms with Gasteiger partial charge in [0.2, 0.25) is 0 Å². The van der Waals surface area contributed by atoms with Crippen LogP contribution in [0, 0.1) is 0 Å². The molecule has 0 radical (unpaired) electrons. The molecule has 0 spiro atoms. The molecule has 0 saturated heterocycles. The number of nitrogens with zero attached hydrogens (tertiary/aromatic N) is 1. The number of fused-ring (bicyclic) bond motifs is 1. The van der Waals surface area contributed by atoms with Crippen LogP contribution >= 0.6 is 7.14 Å². The molecule has 0 fully saturated rings. The standard InChI is InChI=1S/C32H38NOP/c1-5-7-14-29-30-23-20-26(17-16-25-18-21-27(22-19-25)33(3)4)24-32(30)35(34,31(29)15-8-6-2)28-12-10-9-11-13-28/h9-13,16-24H,5-8,14-15H2,1-4H3/b17-16+. The van der Waals surface area contributed by atoms with Gasteiger partial charge in [0.05, 0.1) is 0 Å². The van der Waals surface area contributed by atoms with Gasteiger partial charge in [-0.25, -0.2) is 0 Å². The molecule has 182 valence electrons. The summed E-state index contributed by atoms with van der Waals surface area (Å²) in [5.41, 5.74) is 6.01. The minimum absolute atomic E-state index is 0.916. The van der Waals surface area contributed by atoms with Crippen LogP contribution in [-0.4, -0.2) is 14.1 Å². The van der Waals surface area contributed by atoms with Gasteiger partial charge in [-0.3, -0.25) is 0 Å². The fraction of sp³-hybridized carbons (Fsp3) is 0.312. The fourth-order valence-corrected chi connectivity index (χ4v) is 8.39. The highest BCUT2D eigenvalue weighted by atomic mass is 31.2. The number of anilines is 1. The van der Waals surface area contributed by atoms with E-state index >= 15 is 4.57 Å². The predicted molar refractivity (Wildman–Crippen MR) is 155 cm³/mol. The Kier molecular flexibility index (Phi) is 8.14. The van der Waals surface area contributed by atoms with E-state index in [1.165, 1.54) is 22.1 Å². The van der Waals surface area contributed by atoms with Gasteiger partial charge in [0.1, 0.15) is 0 Å². The van der Waals surface area contributed by atoms with Crippen molar-refractivity contribution in [3.05, 3.63) is 94.8 Å². The van der Waals surface area contributed by atoms with E-state index in [1.54, 1.807) is 0 Å². The zero-order valence-electron chi connectivity index (χ0n) is 21.6. The molecule has 0 bridgehead atoms. The Morgan fingerprint density at radius 3 is 2.06 bits per heavy atom. The van der Waals surface area contributed by atoms with E-state index in [-0.39, 0.29) is 0 Å². The maximum Gasteiger partial charge on any atom is 0.168 e. The van der Waals surface area contributed by atoms with Crippen LogP contribution in [0.3, 0.4) is 0 Å². The van der Waals surface area contributed by atoms with E-state index in [9.17, 15) is 0 Å². The van der Waals surface area contributed by atoms with Gasteiger partial charge in [-0.2, -0.15) is 0 Å². The van der Waals surface area contributed by atoms with Crippen LogP contribution in [0.5, 0.6) is 0 Å². The molecule has 1 unspecified atom stereocenters. The van der Waals surface area contributed by atoms with Crippen molar-refractivity contribution in [3.63, 3.8) is 0 Å². The van der Waals surface area contributed by atoms with Gasteiger partial charge in [-0.05, 0) is 66.1 Å². The summed E-state index contributed by atoms with van der Waals surface area (Å²) < 4.78 is 15.1. The third-order valence-corrected chi connectivity index (χ3v) is 10.3. The van der Waals surface area contributed by atoms with Crippen LogP contribution in [0.2, 0.25) is 0 Å². The zero-order valence-corrected chi connectivity index (χ0v) is 22.5. The summed E-state index contributed by atoms with van der Waals surface area (Å²) >= 11 is 0. The number of unbranched alkanes of at least 4 members (excludes halogenated alkanes) is 2. The summed E-state index contributed by atoms with van der Waals surface area (Å²) in [5.74, 6) is 0. The second kappa shape index (κ2) is 11.3. The van der Waals surface area contributed by atoms with Gasteiger partial charge in [0, 0.05) is 35.7 Å². The molecular weight excluding hydrogens is 445 g/mol. The molecule has 1 heterocycles. The molecule has 1 aliphatic heterocycles.